The number of aromatic nitrogens is 2. The molecule has 3 atom stereocenters. The third kappa shape index (κ3) is 7.00. The minimum Gasteiger partial charge on any atom is -0.381 e. The van der Waals surface area contributed by atoms with E-state index in [-0.39, 0.29) is 35.6 Å². The number of carbonyl (C=O) groups is 3. The second-order valence-electron chi connectivity index (χ2n) is 11.5. The number of piperidine rings is 1. The van der Waals surface area contributed by atoms with Crippen LogP contribution in [-0.2, 0) is 32.6 Å². The van der Waals surface area contributed by atoms with Crippen LogP contribution in [0.4, 0.5) is 0 Å². The van der Waals surface area contributed by atoms with Gasteiger partial charge in [-0.05, 0) is 56.4 Å². The summed E-state index contributed by atoms with van der Waals surface area (Å²) in [4.78, 5) is 41.9. The summed E-state index contributed by atoms with van der Waals surface area (Å²) >= 11 is 0. The number of allylic oxidation sites excluding steroid dienone is 2. The Morgan fingerprint density at radius 2 is 2.00 bits per heavy atom. The molecule has 2 fully saturated rings. The number of nitrogens with one attached hydrogen (secondary N) is 2. The monoisotopic (exact) mass is 513 g/mol. The molecule has 2 N–H and O–H groups in total. The number of likely N-dealkylation sites (tertiary alicyclic amines) is 1. The van der Waals surface area contributed by atoms with Crippen LogP contribution in [0.1, 0.15) is 64.4 Å². The fourth-order valence-electron chi connectivity index (χ4n) is 5.82. The lowest BCUT2D eigenvalue weighted by atomic mass is 9.74. The van der Waals surface area contributed by atoms with Gasteiger partial charge in [-0.25, -0.2) is 0 Å². The molecule has 204 valence electrons. The van der Waals surface area contributed by atoms with Crippen LogP contribution in [0.2, 0.25) is 0 Å². The van der Waals surface area contributed by atoms with Gasteiger partial charge < -0.3 is 20.3 Å². The largest absolute Gasteiger partial charge is 0.381 e. The normalized spacial score (nSPS) is 27.6. The number of fused-ring (bicyclic) bond motifs is 1. The number of hydrogen-bond donors (Lipinski definition) is 2. The average Bonchev–Trinajstić information content (AvgIpc) is 3.30. The van der Waals surface area contributed by atoms with Gasteiger partial charge in [0.25, 0.3) is 0 Å². The zero-order chi connectivity index (χ0) is 26.4. The van der Waals surface area contributed by atoms with Gasteiger partial charge in [0, 0.05) is 51.3 Å². The zero-order valence-corrected chi connectivity index (χ0v) is 22.6. The highest BCUT2D eigenvalue weighted by Gasteiger charge is 2.43. The summed E-state index contributed by atoms with van der Waals surface area (Å²) in [5.74, 6) is 0.456. The van der Waals surface area contributed by atoms with Crippen molar-refractivity contribution < 1.29 is 19.1 Å². The van der Waals surface area contributed by atoms with Gasteiger partial charge in [0.1, 0.15) is 6.04 Å². The first-order valence-corrected chi connectivity index (χ1v) is 13.8. The van der Waals surface area contributed by atoms with E-state index in [9.17, 15) is 14.4 Å². The molecule has 9 nitrogen and oxygen atoms in total. The molecule has 4 rings (SSSR count). The van der Waals surface area contributed by atoms with E-state index in [0.717, 1.165) is 18.4 Å². The maximum atomic E-state index is 13.8. The molecule has 4 heterocycles. The van der Waals surface area contributed by atoms with Gasteiger partial charge in [-0.15, -0.1) is 0 Å². The third-order valence-corrected chi connectivity index (χ3v) is 8.19. The van der Waals surface area contributed by atoms with Crippen molar-refractivity contribution in [1.29, 1.82) is 0 Å². The Kier molecular flexibility index (Phi) is 9.05. The predicted molar refractivity (Wildman–Crippen MR) is 140 cm³/mol. The molecule has 37 heavy (non-hydrogen) atoms. The Hall–Kier alpha value is -2.68. The van der Waals surface area contributed by atoms with Crippen molar-refractivity contribution in [3.63, 3.8) is 0 Å². The zero-order valence-electron chi connectivity index (χ0n) is 22.6. The van der Waals surface area contributed by atoms with Gasteiger partial charge in [0.15, 0.2) is 0 Å². The molecule has 0 bridgehead atoms. The number of nitrogens with zero attached hydrogens (tertiary/aromatic N) is 3. The van der Waals surface area contributed by atoms with Crippen molar-refractivity contribution in [2.24, 2.45) is 24.3 Å². The Labute approximate surface area is 220 Å². The van der Waals surface area contributed by atoms with Crippen molar-refractivity contribution in [1.82, 2.24) is 25.3 Å². The van der Waals surface area contributed by atoms with Crippen LogP contribution in [0.3, 0.4) is 0 Å². The molecule has 9 heteroatoms. The molecule has 0 unspecified atom stereocenters. The Balaban J connectivity index is 1.45. The topological polar surface area (TPSA) is 106 Å². The van der Waals surface area contributed by atoms with E-state index in [1.807, 2.05) is 18.1 Å². The highest BCUT2D eigenvalue weighted by Crippen LogP contribution is 2.37. The van der Waals surface area contributed by atoms with Crippen LogP contribution in [0.5, 0.6) is 0 Å². The van der Waals surface area contributed by atoms with Crippen molar-refractivity contribution in [3.8, 4) is 0 Å². The van der Waals surface area contributed by atoms with E-state index in [1.165, 1.54) is 0 Å². The summed E-state index contributed by atoms with van der Waals surface area (Å²) in [5, 5.41) is 10.5. The maximum Gasteiger partial charge on any atom is 0.242 e. The number of carbonyl (C=O) groups excluding carboxylic acids is 3. The highest BCUT2D eigenvalue weighted by molar-refractivity contribution is 5.90. The number of rotatable bonds is 5. The first-order valence-electron chi connectivity index (χ1n) is 13.8. The number of hydrogen-bond acceptors (Lipinski definition) is 5. The lowest BCUT2D eigenvalue weighted by molar-refractivity contribution is -0.142. The summed E-state index contributed by atoms with van der Waals surface area (Å²) in [5.41, 5.74) is 0.432. The molecule has 0 aromatic carbocycles. The third-order valence-electron chi connectivity index (χ3n) is 8.19. The maximum absolute atomic E-state index is 13.8. The van der Waals surface area contributed by atoms with Crippen molar-refractivity contribution >= 4 is 17.7 Å². The van der Waals surface area contributed by atoms with Gasteiger partial charge in [0.05, 0.1) is 18.2 Å². The molecule has 2 saturated heterocycles. The van der Waals surface area contributed by atoms with E-state index >= 15 is 0 Å². The number of aryl methyl sites for hydroxylation is 2. The second kappa shape index (κ2) is 12.2. The molecule has 1 aromatic rings. The fourth-order valence-corrected chi connectivity index (χ4v) is 5.82. The molecule has 0 radical (unpaired) electrons. The van der Waals surface area contributed by atoms with Gasteiger partial charge >= 0.3 is 0 Å². The van der Waals surface area contributed by atoms with Crippen LogP contribution in [0.15, 0.2) is 24.5 Å². The van der Waals surface area contributed by atoms with Gasteiger partial charge in [-0.3, -0.25) is 19.1 Å². The quantitative estimate of drug-likeness (QED) is 0.588. The summed E-state index contributed by atoms with van der Waals surface area (Å²) in [7, 11) is 1.87. The minimum atomic E-state index is -0.617. The molecular formula is C28H43N5O4. The van der Waals surface area contributed by atoms with Crippen LogP contribution in [0, 0.1) is 17.3 Å². The van der Waals surface area contributed by atoms with Crippen LogP contribution in [-0.4, -0.2) is 70.8 Å². The van der Waals surface area contributed by atoms with Gasteiger partial charge in [-0.2, -0.15) is 5.10 Å². The van der Waals surface area contributed by atoms with Crippen molar-refractivity contribution in [2.45, 2.75) is 77.3 Å². The summed E-state index contributed by atoms with van der Waals surface area (Å²) in [6.07, 6.45) is 13.1. The molecule has 1 aromatic heterocycles. The molecule has 1 spiro atoms. The van der Waals surface area contributed by atoms with E-state index in [1.54, 1.807) is 10.9 Å². The highest BCUT2D eigenvalue weighted by atomic mass is 16.5. The average molecular weight is 514 g/mol. The van der Waals surface area contributed by atoms with E-state index in [2.05, 4.69) is 41.7 Å². The first-order chi connectivity index (χ1) is 17.8. The fraction of sp³-hybridized carbons (Fsp3) is 0.714. The second-order valence-corrected chi connectivity index (χ2v) is 11.5. The van der Waals surface area contributed by atoms with Crippen molar-refractivity contribution in [2.75, 3.05) is 26.3 Å². The molecule has 3 amide bonds. The summed E-state index contributed by atoms with van der Waals surface area (Å²) in [6.45, 7) is 6.52. The van der Waals surface area contributed by atoms with E-state index < -0.39 is 11.5 Å². The lowest BCUT2D eigenvalue weighted by Gasteiger charge is -2.41. The van der Waals surface area contributed by atoms with Gasteiger partial charge in [0.2, 0.25) is 17.7 Å². The van der Waals surface area contributed by atoms with Crippen LogP contribution < -0.4 is 10.6 Å². The smallest absolute Gasteiger partial charge is 0.242 e. The minimum absolute atomic E-state index is 0.0618. The standard InChI is InChI=1S/C28H43N5O4/c1-20(2)16-24-26(35)30-23-9-15-37-19-22(23)6-4-5-10-28(27(36)31-24)11-13-33(14-12-28)25(34)8-7-21-17-29-32(3)18-21/h4-5,17-18,20,22-24H,6-16,19H2,1-3H3,(H,30,35)(H,31,36)/b5-4+/t22-,23+,24+/m1/s1. The van der Waals surface area contributed by atoms with E-state index in [0.29, 0.717) is 64.8 Å². The van der Waals surface area contributed by atoms with Gasteiger partial charge in [-0.1, -0.05) is 26.0 Å². The number of ether oxygens (including phenoxy) is 1. The Morgan fingerprint density at radius 3 is 2.70 bits per heavy atom. The van der Waals surface area contributed by atoms with E-state index in [4.69, 9.17) is 4.74 Å². The van der Waals surface area contributed by atoms with Crippen LogP contribution in [0.25, 0.3) is 0 Å². The SMILES string of the molecule is CC(C)C[C@@H]1NC(=O)C2(C/C=C/C[C@@H]3COCC[C@@H]3NC1=O)CCN(C(=O)CCc1cnn(C)c1)CC2. The Bertz CT molecular complexity index is 979. The predicted octanol–water partition coefficient (Wildman–Crippen LogP) is 2.36. The lowest BCUT2D eigenvalue weighted by Crippen LogP contribution is -2.57. The van der Waals surface area contributed by atoms with Crippen LogP contribution >= 0.6 is 0 Å². The summed E-state index contributed by atoms with van der Waals surface area (Å²) in [6, 6.07) is -0.498. The number of amides is 3. The molecular weight excluding hydrogens is 470 g/mol. The Morgan fingerprint density at radius 1 is 1.22 bits per heavy atom. The molecule has 0 aliphatic carbocycles. The molecule has 3 aliphatic heterocycles. The molecule has 3 aliphatic rings. The molecule has 0 saturated carbocycles. The van der Waals surface area contributed by atoms with Crippen molar-refractivity contribution in [3.05, 3.63) is 30.1 Å². The summed E-state index contributed by atoms with van der Waals surface area (Å²) < 4.78 is 7.45. The first kappa shape index (κ1) is 27.4.